The van der Waals surface area contributed by atoms with Crippen molar-refractivity contribution in [3.63, 3.8) is 0 Å². The van der Waals surface area contributed by atoms with E-state index in [1.54, 1.807) is 0 Å². The molecule has 310 valence electrons. The summed E-state index contributed by atoms with van der Waals surface area (Å²) in [5, 5.41) is 0. The second-order valence-corrected chi connectivity index (χ2v) is 16.4. The van der Waals surface area contributed by atoms with Gasteiger partial charge in [0.15, 0.2) is 0 Å². The summed E-state index contributed by atoms with van der Waals surface area (Å²) in [6.07, 6.45) is 53.6. The number of esters is 2. The van der Waals surface area contributed by atoms with Gasteiger partial charge in [-0.3, -0.25) is 9.59 Å². The second-order valence-electron chi connectivity index (χ2n) is 16.4. The van der Waals surface area contributed by atoms with Crippen LogP contribution in [-0.4, -0.2) is 25.2 Å². The first-order valence-electron chi connectivity index (χ1n) is 24.0. The smallest absolute Gasteiger partial charge is 0.305 e. The highest BCUT2D eigenvalue weighted by Crippen LogP contribution is 2.16. The second kappa shape index (κ2) is 46.1. The molecule has 0 heterocycles. The number of unbranched alkanes of at least 4 members (excludes halogenated alkanes) is 37. The molecule has 0 aliphatic heterocycles. The number of carbonyl (C=O) groups is 2. The van der Waals surface area contributed by atoms with Crippen LogP contribution in [0.15, 0.2) is 0 Å². The van der Waals surface area contributed by atoms with E-state index >= 15 is 0 Å². The van der Waals surface area contributed by atoms with E-state index in [1.165, 1.54) is 231 Å². The SMILES string of the molecule is CCCCCCCCCCCCCCCC(=O)OCCCCCCCCCCCCCCCCOC(=O)CCCCCCCCCCCCCCC. The van der Waals surface area contributed by atoms with E-state index in [9.17, 15) is 9.59 Å². The lowest BCUT2D eigenvalue weighted by atomic mass is 10.0. The molecule has 0 aromatic carbocycles. The van der Waals surface area contributed by atoms with Crippen molar-refractivity contribution in [2.75, 3.05) is 13.2 Å². The maximum atomic E-state index is 12.0. The van der Waals surface area contributed by atoms with E-state index in [2.05, 4.69) is 13.8 Å². The van der Waals surface area contributed by atoms with Crippen LogP contribution in [0, 0.1) is 0 Å². The first kappa shape index (κ1) is 50.9. The van der Waals surface area contributed by atoms with Crippen LogP contribution in [0.4, 0.5) is 0 Å². The Bertz CT molecular complexity index is 634. The van der Waals surface area contributed by atoms with Crippen LogP contribution in [-0.2, 0) is 19.1 Å². The third kappa shape index (κ3) is 45.1. The van der Waals surface area contributed by atoms with Gasteiger partial charge in [-0.15, -0.1) is 0 Å². The summed E-state index contributed by atoms with van der Waals surface area (Å²) in [5.41, 5.74) is 0. The highest BCUT2D eigenvalue weighted by atomic mass is 16.5. The fourth-order valence-electron chi connectivity index (χ4n) is 7.42. The number of hydrogen-bond acceptors (Lipinski definition) is 4. The molecular formula is C48H94O4. The van der Waals surface area contributed by atoms with Crippen LogP contribution in [0.5, 0.6) is 0 Å². The van der Waals surface area contributed by atoms with Gasteiger partial charge >= 0.3 is 11.9 Å². The van der Waals surface area contributed by atoms with Crippen molar-refractivity contribution in [2.24, 2.45) is 0 Å². The average Bonchev–Trinajstić information content (AvgIpc) is 3.14. The number of rotatable bonds is 45. The molecule has 0 aliphatic rings. The van der Waals surface area contributed by atoms with Crippen molar-refractivity contribution in [1.82, 2.24) is 0 Å². The van der Waals surface area contributed by atoms with Crippen LogP contribution in [0.2, 0.25) is 0 Å². The predicted octanol–water partition coefficient (Wildman–Crippen LogP) is 16.5. The number of ether oxygens (including phenoxy) is 2. The average molecular weight is 735 g/mol. The lowest BCUT2D eigenvalue weighted by Gasteiger charge is -2.06. The molecule has 0 radical (unpaired) electrons. The van der Waals surface area contributed by atoms with Crippen molar-refractivity contribution < 1.29 is 19.1 Å². The van der Waals surface area contributed by atoms with Gasteiger partial charge in [-0.05, 0) is 25.7 Å². The topological polar surface area (TPSA) is 52.6 Å². The Kier molecular flexibility index (Phi) is 45.2. The minimum atomic E-state index is 0.0131. The van der Waals surface area contributed by atoms with E-state index in [1.807, 2.05) is 0 Å². The van der Waals surface area contributed by atoms with E-state index in [-0.39, 0.29) is 11.9 Å². The summed E-state index contributed by atoms with van der Waals surface area (Å²) < 4.78 is 10.9. The van der Waals surface area contributed by atoms with Crippen LogP contribution in [0.3, 0.4) is 0 Å². The summed E-state index contributed by atoms with van der Waals surface area (Å²) in [6, 6.07) is 0. The molecule has 0 amide bonds. The summed E-state index contributed by atoms with van der Waals surface area (Å²) >= 11 is 0. The Balaban J connectivity index is 3.20. The molecule has 0 bridgehead atoms. The summed E-state index contributed by atoms with van der Waals surface area (Å²) in [4.78, 5) is 24.0. The van der Waals surface area contributed by atoms with Crippen LogP contribution in [0.25, 0.3) is 0 Å². The molecule has 0 aromatic heterocycles. The Morgan fingerprint density at radius 2 is 0.423 bits per heavy atom. The van der Waals surface area contributed by atoms with Gasteiger partial charge in [0.25, 0.3) is 0 Å². The Hall–Kier alpha value is -1.06. The molecule has 0 spiro atoms. The molecule has 0 fully saturated rings. The number of carbonyl (C=O) groups excluding carboxylic acids is 2. The monoisotopic (exact) mass is 735 g/mol. The minimum absolute atomic E-state index is 0.0131. The fraction of sp³-hybridized carbons (Fsp3) is 0.958. The fourth-order valence-corrected chi connectivity index (χ4v) is 7.42. The first-order valence-corrected chi connectivity index (χ1v) is 24.0. The van der Waals surface area contributed by atoms with Gasteiger partial charge in [-0.1, -0.05) is 245 Å². The predicted molar refractivity (Wildman–Crippen MR) is 227 cm³/mol. The van der Waals surface area contributed by atoms with Gasteiger partial charge in [0, 0.05) is 12.8 Å². The van der Waals surface area contributed by atoms with Crippen LogP contribution >= 0.6 is 0 Å². The van der Waals surface area contributed by atoms with E-state index in [0.29, 0.717) is 26.1 Å². The van der Waals surface area contributed by atoms with E-state index < -0.39 is 0 Å². The van der Waals surface area contributed by atoms with E-state index in [4.69, 9.17) is 9.47 Å². The van der Waals surface area contributed by atoms with Gasteiger partial charge in [0.2, 0.25) is 0 Å². The maximum Gasteiger partial charge on any atom is 0.305 e. The molecule has 0 rings (SSSR count). The molecule has 0 N–H and O–H groups in total. The van der Waals surface area contributed by atoms with Crippen LogP contribution < -0.4 is 0 Å². The summed E-state index contributed by atoms with van der Waals surface area (Å²) in [5.74, 6) is 0.0262. The Morgan fingerprint density at radius 3 is 0.635 bits per heavy atom. The van der Waals surface area contributed by atoms with Gasteiger partial charge in [0.1, 0.15) is 0 Å². The molecule has 0 aliphatic carbocycles. The Labute approximate surface area is 326 Å². The number of hydrogen-bond donors (Lipinski definition) is 0. The zero-order chi connectivity index (χ0) is 37.7. The normalized spacial score (nSPS) is 11.3. The quantitative estimate of drug-likeness (QED) is 0.0462. The summed E-state index contributed by atoms with van der Waals surface area (Å²) in [7, 11) is 0. The Morgan fingerprint density at radius 1 is 0.250 bits per heavy atom. The lowest BCUT2D eigenvalue weighted by molar-refractivity contribution is -0.144. The van der Waals surface area contributed by atoms with Crippen molar-refractivity contribution >= 4 is 11.9 Å². The zero-order valence-electron chi connectivity index (χ0n) is 35.7. The van der Waals surface area contributed by atoms with Gasteiger partial charge in [-0.2, -0.15) is 0 Å². The van der Waals surface area contributed by atoms with Gasteiger partial charge in [0.05, 0.1) is 13.2 Å². The van der Waals surface area contributed by atoms with Crippen molar-refractivity contribution in [1.29, 1.82) is 0 Å². The zero-order valence-corrected chi connectivity index (χ0v) is 35.7. The highest BCUT2D eigenvalue weighted by Gasteiger charge is 2.04. The molecular weight excluding hydrogens is 641 g/mol. The molecule has 0 unspecified atom stereocenters. The molecule has 0 aromatic rings. The molecule has 0 saturated carbocycles. The third-order valence-electron chi connectivity index (χ3n) is 11.0. The molecule has 4 nitrogen and oxygen atoms in total. The molecule has 4 heteroatoms. The van der Waals surface area contributed by atoms with Crippen LogP contribution in [0.1, 0.15) is 284 Å². The largest absolute Gasteiger partial charge is 0.466 e. The molecule has 52 heavy (non-hydrogen) atoms. The maximum absolute atomic E-state index is 12.0. The minimum Gasteiger partial charge on any atom is -0.466 e. The highest BCUT2D eigenvalue weighted by molar-refractivity contribution is 5.69. The van der Waals surface area contributed by atoms with Crippen molar-refractivity contribution in [3.8, 4) is 0 Å². The van der Waals surface area contributed by atoms with Gasteiger partial charge in [-0.25, -0.2) is 0 Å². The lowest BCUT2D eigenvalue weighted by Crippen LogP contribution is -2.05. The van der Waals surface area contributed by atoms with Gasteiger partial charge < -0.3 is 9.47 Å². The molecule has 0 saturated heterocycles. The standard InChI is InChI=1S/C48H94O4/c1-3-5-7-9-11-13-15-19-23-27-31-35-39-43-47(49)51-45-41-37-33-29-25-21-17-18-22-26-30-34-38-42-46-52-48(50)44-40-36-32-28-24-20-16-14-12-10-8-6-4-2/h3-46H2,1-2H3. The third-order valence-corrected chi connectivity index (χ3v) is 11.0. The van der Waals surface area contributed by atoms with Crippen molar-refractivity contribution in [3.05, 3.63) is 0 Å². The van der Waals surface area contributed by atoms with Crippen molar-refractivity contribution in [2.45, 2.75) is 284 Å². The molecule has 0 atom stereocenters. The summed E-state index contributed by atoms with van der Waals surface area (Å²) in [6.45, 7) is 5.79. The van der Waals surface area contributed by atoms with E-state index in [0.717, 1.165) is 25.7 Å². The first-order chi connectivity index (χ1) is 25.7.